The zero-order valence-corrected chi connectivity index (χ0v) is 22.3. The first-order valence-electron chi connectivity index (χ1n) is 12.0. The maximum absolute atomic E-state index is 13.5. The minimum atomic E-state index is -3.42. The van der Waals surface area contributed by atoms with E-state index < -0.39 is 21.3 Å². The molecule has 2 heterocycles. The molecule has 0 aliphatic heterocycles. The van der Waals surface area contributed by atoms with Gasteiger partial charge in [0.15, 0.2) is 9.84 Å². The quantitative estimate of drug-likeness (QED) is 0.250. The van der Waals surface area contributed by atoms with E-state index in [1.807, 2.05) is 24.4 Å². The van der Waals surface area contributed by atoms with Crippen LogP contribution in [0.25, 0.3) is 21.0 Å². The van der Waals surface area contributed by atoms with Crippen molar-refractivity contribution >= 4 is 48.1 Å². The van der Waals surface area contributed by atoms with Gasteiger partial charge in [-0.15, -0.1) is 11.3 Å². The van der Waals surface area contributed by atoms with Crippen molar-refractivity contribution in [3.63, 3.8) is 0 Å². The highest BCUT2D eigenvalue weighted by Crippen LogP contribution is 2.35. The van der Waals surface area contributed by atoms with E-state index in [0.29, 0.717) is 28.1 Å². The molecule has 9 heteroatoms. The fourth-order valence-electron chi connectivity index (χ4n) is 4.43. The number of nitrogens with one attached hydrogen (secondary N) is 1. The van der Waals surface area contributed by atoms with Crippen LogP contribution in [0.5, 0.6) is 0 Å². The standard InChI is InChI=1S/C27H31FN2O4S2/c1-18-22-17-21(28)8-10-24(22)35-25(18)36(33,34)15-5-13-29-12-4-6-19-7-9-23-20(16-19)11-14-30(23)27(2,3)26(31)32/h7-11,14,16-17,29H,4-6,12-13,15H2,1-3H3,(H,31,32). The lowest BCUT2D eigenvalue weighted by Gasteiger charge is -2.23. The van der Waals surface area contributed by atoms with Gasteiger partial charge in [0.1, 0.15) is 15.6 Å². The SMILES string of the molecule is Cc1c(S(=O)(=O)CCCNCCCc2ccc3c(ccn3C(C)(C)C(=O)O)c2)sc2ccc(F)cc12. The molecule has 0 fully saturated rings. The molecule has 0 amide bonds. The third-order valence-electron chi connectivity index (χ3n) is 6.60. The van der Waals surface area contributed by atoms with Crippen molar-refractivity contribution < 1.29 is 22.7 Å². The molecule has 0 bridgehead atoms. The second-order valence-electron chi connectivity index (χ2n) is 9.62. The first-order chi connectivity index (χ1) is 17.0. The van der Waals surface area contributed by atoms with E-state index in [-0.39, 0.29) is 11.6 Å². The van der Waals surface area contributed by atoms with Crippen molar-refractivity contribution in [1.29, 1.82) is 0 Å². The van der Waals surface area contributed by atoms with Gasteiger partial charge in [0.2, 0.25) is 0 Å². The Kier molecular flexibility index (Phi) is 7.54. The number of benzene rings is 2. The average molecular weight is 531 g/mol. The van der Waals surface area contributed by atoms with E-state index in [4.69, 9.17) is 0 Å². The molecule has 4 aromatic rings. The van der Waals surface area contributed by atoms with Crippen LogP contribution in [0.15, 0.2) is 52.9 Å². The summed E-state index contributed by atoms with van der Waals surface area (Å²) in [5, 5.41) is 14.5. The van der Waals surface area contributed by atoms with Gasteiger partial charge in [-0.25, -0.2) is 17.6 Å². The lowest BCUT2D eigenvalue weighted by Crippen LogP contribution is -2.34. The number of carbonyl (C=O) groups is 1. The zero-order valence-electron chi connectivity index (χ0n) is 20.7. The number of sulfone groups is 1. The molecule has 36 heavy (non-hydrogen) atoms. The van der Waals surface area contributed by atoms with Gasteiger partial charge in [-0.2, -0.15) is 0 Å². The third-order valence-corrected chi connectivity index (χ3v) is 10.4. The Morgan fingerprint density at radius 2 is 1.86 bits per heavy atom. The maximum atomic E-state index is 13.5. The van der Waals surface area contributed by atoms with Crippen molar-refractivity contribution in [2.75, 3.05) is 18.8 Å². The summed E-state index contributed by atoms with van der Waals surface area (Å²) < 4.78 is 42.1. The molecule has 0 radical (unpaired) electrons. The van der Waals surface area contributed by atoms with Crippen LogP contribution >= 0.6 is 11.3 Å². The van der Waals surface area contributed by atoms with Gasteiger partial charge in [0.05, 0.1) is 5.75 Å². The molecule has 0 unspecified atom stereocenters. The summed E-state index contributed by atoms with van der Waals surface area (Å²) in [6.45, 7) is 6.48. The zero-order chi connectivity index (χ0) is 26.1. The molecule has 2 N–H and O–H groups in total. The maximum Gasteiger partial charge on any atom is 0.329 e. The number of hydrogen-bond acceptors (Lipinski definition) is 5. The minimum absolute atomic E-state index is 0.0521. The predicted molar refractivity (Wildman–Crippen MR) is 143 cm³/mol. The first-order valence-corrected chi connectivity index (χ1v) is 14.4. The fourth-order valence-corrected chi connectivity index (χ4v) is 7.66. The molecule has 0 atom stereocenters. The van der Waals surface area contributed by atoms with E-state index in [1.54, 1.807) is 31.4 Å². The van der Waals surface area contributed by atoms with Crippen molar-refractivity contribution in [3.8, 4) is 0 Å². The Morgan fingerprint density at radius 3 is 2.61 bits per heavy atom. The van der Waals surface area contributed by atoms with Crippen molar-refractivity contribution in [3.05, 3.63) is 65.6 Å². The van der Waals surface area contributed by atoms with Gasteiger partial charge < -0.3 is 15.0 Å². The second kappa shape index (κ2) is 10.3. The highest BCUT2D eigenvalue weighted by Gasteiger charge is 2.30. The molecule has 0 saturated carbocycles. The molecule has 2 aromatic heterocycles. The Morgan fingerprint density at radius 1 is 1.11 bits per heavy atom. The van der Waals surface area contributed by atoms with Gasteiger partial charge >= 0.3 is 5.97 Å². The van der Waals surface area contributed by atoms with E-state index >= 15 is 0 Å². The average Bonchev–Trinajstić information content (AvgIpc) is 3.40. The van der Waals surface area contributed by atoms with Gasteiger partial charge in [0.25, 0.3) is 0 Å². The topological polar surface area (TPSA) is 88.4 Å². The summed E-state index contributed by atoms with van der Waals surface area (Å²) in [4.78, 5) is 11.6. The Balaban J connectivity index is 1.25. The van der Waals surface area contributed by atoms with Gasteiger partial charge in [-0.05, 0) is 111 Å². The molecule has 6 nitrogen and oxygen atoms in total. The highest BCUT2D eigenvalue weighted by atomic mass is 32.2. The molecular formula is C27H31FN2O4S2. The van der Waals surface area contributed by atoms with E-state index in [9.17, 15) is 22.7 Å². The monoisotopic (exact) mass is 530 g/mol. The molecule has 0 saturated heterocycles. The summed E-state index contributed by atoms with van der Waals surface area (Å²) in [6, 6.07) is 12.4. The van der Waals surface area contributed by atoms with E-state index in [1.165, 1.54) is 29.0 Å². The summed E-state index contributed by atoms with van der Waals surface area (Å²) in [5.74, 6) is -1.19. The number of nitrogens with zero attached hydrogens (tertiary/aromatic N) is 1. The molecule has 0 aliphatic rings. The summed E-state index contributed by atoms with van der Waals surface area (Å²) in [7, 11) is -3.42. The van der Waals surface area contributed by atoms with Crippen LogP contribution < -0.4 is 5.32 Å². The lowest BCUT2D eigenvalue weighted by atomic mass is 10.0. The summed E-state index contributed by atoms with van der Waals surface area (Å²) in [6.07, 6.45) is 4.09. The number of aliphatic carboxylic acids is 1. The van der Waals surface area contributed by atoms with Crippen LogP contribution in [0, 0.1) is 12.7 Å². The number of aromatic nitrogens is 1. The highest BCUT2D eigenvalue weighted by molar-refractivity contribution is 7.93. The van der Waals surface area contributed by atoms with Crippen LogP contribution in [0.1, 0.15) is 37.8 Å². The number of carboxylic acids is 1. The normalized spacial score (nSPS) is 12.6. The minimum Gasteiger partial charge on any atom is -0.480 e. The van der Waals surface area contributed by atoms with Crippen LogP contribution in [-0.2, 0) is 26.6 Å². The first kappa shape index (κ1) is 26.3. The number of halogens is 1. The number of fused-ring (bicyclic) bond motifs is 2. The van der Waals surface area contributed by atoms with Crippen molar-refractivity contribution in [2.45, 2.75) is 49.8 Å². The van der Waals surface area contributed by atoms with E-state index in [0.717, 1.165) is 35.0 Å². The third kappa shape index (κ3) is 5.33. The van der Waals surface area contributed by atoms with Gasteiger partial charge in [-0.1, -0.05) is 6.07 Å². The number of thiophene rings is 1. The second-order valence-corrected chi connectivity index (χ2v) is 13.0. The van der Waals surface area contributed by atoms with Crippen LogP contribution in [0.2, 0.25) is 0 Å². The van der Waals surface area contributed by atoms with Gasteiger partial charge in [0, 0.05) is 16.4 Å². The Hall–Kier alpha value is -2.75. The summed E-state index contributed by atoms with van der Waals surface area (Å²) >= 11 is 1.21. The van der Waals surface area contributed by atoms with E-state index in [2.05, 4.69) is 11.4 Å². The van der Waals surface area contributed by atoms with Crippen LogP contribution in [0.3, 0.4) is 0 Å². The molecule has 0 spiro atoms. The molecule has 2 aromatic carbocycles. The summed E-state index contributed by atoms with van der Waals surface area (Å²) in [5.41, 5.74) is 1.68. The van der Waals surface area contributed by atoms with Crippen LogP contribution in [-0.4, -0.2) is 42.9 Å². The predicted octanol–water partition coefficient (Wildman–Crippen LogP) is 5.51. The smallest absolute Gasteiger partial charge is 0.329 e. The van der Waals surface area contributed by atoms with Crippen molar-refractivity contribution in [2.24, 2.45) is 0 Å². The molecular weight excluding hydrogens is 499 g/mol. The largest absolute Gasteiger partial charge is 0.480 e. The number of hydrogen-bond donors (Lipinski definition) is 2. The molecule has 192 valence electrons. The number of carboxylic acid groups (broad SMARTS) is 1. The number of rotatable bonds is 11. The molecule has 4 rings (SSSR count). The fraction of sp³-hybridized carbons (Fsp3) is 0.370. The molecule has 0 aliphatic carbocycles. The lowest BCUT2D eigenvalue weighted by molar-refractivity contribution is -0.145. The number of aryl methyl sites for hydroxylation is 2. The Bertz CT molecular complexity index is 1520. The van der Waals surface area contributed by atoms with Crippen molar-refractivity contribution in [1.82, 2.24) is 9.88 Å². The Labute approximate surface area is 214 Å². The van der Waals surface area contributed by atoms with Crippen LogP contribution in [0.4, 0.5) is 4.39 Å². The van der Waals surface area contributed by atoms with Gasteiger partial charge in [-0.3, -0.25) is 0 Å².